The highest BCUT2D eigenvalue weighted by molar-refractivity contribution is 5.78. The van der Waals surface area contributed by atoms with Gasteiger partial charge in [-0.2, -0.15) is 0 Å². The summed E-state index contributed by atoms with van der Waals surface area (Å²) >= 11 is 0. The average molecular weight is 240 g/mol. The van der Waals surface area contributed by atoms with Crippen molar-refractivity contribution in [1.29, 1.82) is 0 Å². The largest absolute Gasteiger partial charge is 0.395 e. The Kier molecular flexibility index (Phi) is 5.65. The van der Waals surface area contributed by atoms with Gasteiger partial charge in [-0.3, -0.25) is 9.69 Å². The van der Waals surface area contributed by atoms with Crippen LogP contribution in [-0.2, 0) is 4.79 Å². The number of rotatable bonds is 6. The molecule has 1 amide bonds. The first-order valence-electron chi connectivity index (χ1n) is 6.35. The van der Waals surface area contributed by atoms with E-state index in [4.69, 9.17) is 0 Å². The predicted molar refractivity (Wildman–Crippen MR) is 68.7 cm³/mol. The summed E-state index contributed by atoms with van der Waals surface area (Å²) in [4.78, 5) is 16.0. The van der Waals surface area contributed by atoms with Crippen LogP contribution in [0.25, 0.3) is 0 Å². The van der Waals surface area contributed by atoms with E-state index in [-0.39, 0.29) is 18.6 Å². The molecule has 1 fully saturated rings. The minimum Gasteiger partial charge on any atom is -0.395 e. The number of aliphatic hydroxyl groups is 1. The second-order valence-electron chi connectivity index (χ2n) is 4.81. The summed E-state index contributed by atoms with van der Waals surface area (Å²) < 4.78 is 0. The fraction of sp³-hybridized carbons (Fsp3) is 0.769. The molecular weight excluding hydrogens is 216 g/mol. The number of likely N-dealkylation sites (tertiary alicyclic amines) is 1. The summed E-state index contributed by atoms with van der Waals surface area (Å²) in [6.45, 7) is 10.6. The Morgan fingerprint density at radius 3 is 2.82 bits per heavy atom. The van der Waals surface area contributed by atoms with Crippen molar-refractivity contribution in [3.05, 3.63) is 12.2 Å². The third-order valence-corrected chi connectivity index (χ3v) is 3.24. The minimum atomic E-state index is 0.135. The monoisotopic (exact) mass is 240 g/mol. The van der Waals surface area contributed by atoms with E-state index in [2.05, 4.69) is 11.5 Å². The molecule has 0 bridgehead atoms. The van der Waals surface area contributed by atoms with Gasteiger partial charge in [-0.25, -0.2) is 0 Å². The van der Waals surface area contributed by atoms with Gasteiger partial charge in [-0.15, -0.1) is 0 Å². The molecule has 1 N–H and O–H groups in total. The van der Waals surface area contributed by atoms with Crippen molar-refractivity contribution in [3.63, 3.8) is 0 Å². The maximum atomic E-state index is 12.1. The van der Waals surface area contributed by atoms with E-state index in [0.29, 0.717) is 19.6 Å². The predicted octanol–water partition coefficient (Wildman–Crippen LogP) is 0.868. The molecule has 0 aromatic carbocycles. The Hall–Kier alpha value is -0.870. The van der Waals surface area contributed by atoms with Crippen molar-refractivity contribution in [3.8, 4) is 0 Å². The molecule has 0 aliphatic carbocycles. The highest BCUT2D eigenvalue weighted by Gasteiger charge is 2.26. The van der Waals surface area contributed by atoms with Gasteiger partial charge < -0.3 is 10.0 Å². The Labute approximate surface area is 104 Å². The van der Waals surface area contributed by atoms with E-state index in [1.165, 1.54) is 0 Å². The second-order valence-corrected chi connectivity index (χ2v) is 4.81. The Bertz CT molecular complexity index is 279. The molecule has 0 aromatic heterocycles. The lowest BCUT2D eigenvalue weighted by Crippen LogP contribution is -2.43. The summed E-state index contributed by atoms with van der Waals surface area (Å²) in [5, 5.41) is 9.21. The summed E-state index contributed by atoms with van der Waals surface area (Å²) in [6, 6.07) is 0.169. The van der Waals surface area contributed by atoms with Gasteiger partial charge in [-0.1, -0.05) is 12.2 Å². The number of nitrogens with zero attached hydrogens (tertiary/aromatic N) is 2. The zero-order valence-electron chi connectivity index (χ0n) is 11.0. The molecule has 4 nitrogen and oxygen atoms in total. The van der Waals surface area contributed by atoms with Gasteiger partial charge >= 0.3 is 0 Å². The molecule has 1 saturated heterocycles. The first-order chi connectivity index (χ1) is 8.08. The lowest BCUT2D eigenvalue weighted by molar-refractivity contribution is -0.132. The zero-order chi connectivity index (χ0) is 12.8. The second kappa shape index (κ2) is 6.77. The van der Waals surface area contributed by atoms with Crippen LogP contribution in [0.4, 0.5) is 0 Å². The van der Waals surface area contributed by atoms with Crippen molar-refractivity contribution in [2.75, 3.05) is 32.8 Å². The van der Waals surface area contributed by atoms with Crippen molar-refractivity contribution in [2.24, 2.45) is 0 Å². The fourth-order valence-corrected chi connectivity index (χ4v) is 2.29. The van der Waals surface area contributed by atoms with E-state index in [0.717, 1.165) is 25.0 Å². The highest BCUT2D eigenvalue weighted by atomic mass is 16.3. The first-order valence-corrected chi connectivity index (χ1v) is 6.35. The lowest BCUT2D eigenvalue weighted by atomic mass is 10.2. The molecule has 1 rings (SSSR count). The molecule has 0 aromatic rings. The minimum absolute atomic E-state index is 0.135. The summed E-state index contributed by atoms with van der Waals surface area (Å²) in [7, 11) is 0. The molecule has 98 valence electrons. The third kappa shape index (κ3) is 4.13. The summed E-state index contributed by atoms with van der Waals surface area (Å²) in [5.41, 5.74) is 1.00. The Morgan fingerprint density at radius 2 is 2.29 bits per heavy atom. The van der Waals surface area contributed by atoms with Gasteiger partial charge in [0.15, 0.2) is 0 Å². The lowest BCUT2D eigenvalue weighted by Gasteiger charge is -2.27. The van der Waals surface area contributed by atoms with Gasteiger partial charge in [0, 0.05) is 19.1 Å². The summed E-state index contributed by atoms with van der Waals surface area (Å²) in [6.07, 6.45) is 2.07. The number of likely N-dealkylation sites (N-methyl/N-ethyl adjacent to an activating group) is 1. The van der Waals surface area contributed by atoms with Crippen molar-refractivity contribution in [2.45, 2.75) is 32.7 Å². The van der Waals surface area contributed by atoms with E-state index in [9.17, 15) is 9.90 Å². The smallest absolute Gasteiger partial charge is 0.237 e. The number of aliphatic hydroxyl groups excluding tert-OH is 1. The number of amides is 1. The van der Waals surface area contributed by atoms with E-state index < -0.39 is 0 Å². The van der Waals surface area contributed by atoms with Crippen LogP contribution in [0.1, 0.15) is 26.7 Å². The van der Waals surface area contributed by atoms with Crippen LogP contribution in [0.2, 0.25) is 0 Å². The van der Waals surface area contributed by atoms with E-state index in [1.54, 1.807) is 0 Å². The van der Waals surface area contributed by atoms with Gasteiger partial charge in [0.2, 0.25) is 5.91 Å². The molecule has 0 radical (unpaired) electrons. The Morgan fingerprint density at radius 1 is 1.59 bits per heavy atom. The quantitative estimate of drug-likeness (QED) is 0.701. The van der Waals surface area contributed by atoms with Gasteiger partial charge in [0.25, 0.3) is 0 Å². The topological polar surface area (TPSA) is 43.8 Å². The molecule has 1 aliphatic heterocycles. The fourth-order valence-electron chi connectivity index (χ4n) is 2.29. The van der Waals surface area contributed by atoms with Crippen molar-refractivity contribution in [1.82, 2.24) is 9.80 Å². The molecule has 17 heavy (non-hydrogen) atoms. The number of carbonyl (C=O) groups is 1. The maximum absolute atomic E-state index is 12.1. The molecular formula is C13H24N2O2. The first kappa shape index (κ1) is 14.2. The molecule has 0 saturated carbocycles. The van der Waals surface area contributed by atoms with Crippen LogP contribution in [-0.4, -0.2) is 59.6 Å². The SMILES string of the molecule is C=C(C)CN(CC)C(=O)CN1CCCC1CO. The molecule has 0 spiro atoms. The van der Waals surface area contributed by atoms with Crippen LogP contribution in [0.15, 0.2) is 12.2 Å². The van der Waals surface area contributed by atoms with Crippen LogP contribution < -0.4 is 0 Å². The van der Waals surface area contributed by atoms with Crippen LogP contribution in [0, 0.1) is 0 Å². The Balaban J connectivity index is 2.48. The molecule has 1 heterocycles. The van der Waals surface area contributed by atoms with E-state index >= 15 is 0 Å². The van der Waals surface area contributed by atoms with Crippen molar-refractivity contribution >= 4 is 5.91 Å². The normalized spacial score (nSPS) is 20.5. The van der Waals surface area contributed by atoms with Gasteiger partial charge in [0.05, 0.1) is 13.2 Å². The van der Waals surface area contributed by atoms with Crippen LogP contribution >= 0.6 is 0 Å². The maximum Gasteiger partial charge on any atom is 0.237 e. The number of hydrogen-bond donors (Lipinski definition) is 1. The molecule has 1 atom stereocenters. The average Bonchev–Trinajstić information content (AvgIpc) is 2.72. The third-order valence-electron chi connectivity index (χ3n) is 3.24. The van der Waals surface area contributed by atoms with Crippen LogP contribution in [0.5, 0.6) is 0 Å². The van der Waals surface area contributed by atoms with Gasteiger partial charge in [-0.05, 0) is 33.2 Å². The molecule has 1 unspecified atom stereocenters. The van der Waals surface area contributed by atoms with Gasteiger partial charge in [0.1, 0.15) is 0 Å². The summed E-state index contributed by atoms with van der Waals surface area (Å²) in [5.74, 6) is 0.135. The molecule has 1 aliphatic rings. The van der Waals surface area contributed by atoms with Crippen LogP contribution in [0.3, 0.4) is 0 Å². The molecule has 4 heteroatoms. The number of carbonyl (C=O) groups excluding carboxylic acids is 1. The standard InChI is InChI=1S/C13H24N2O2/c1-4-14(8-11(2)3)13(17)9-15-7-5-6-12(15)10-16/h12,16H,2,4-10H2,1,3H3. The van der Waals surface area contributed by atoms with E-state index in [1.807, 2.05) is 18.7 Å². The number of hydrogen-bond acceptors (Lipinski definition) is 3. The zero-order valence-corrected chi connectivity index (χ0v) is 11.0. The highest BCUT2D eigenvalue weighted by Crippen LogP contribution is 2.16. The van der Waals surface area contributed by atoms with Crippen molar-refractivity contribution < 1.29 is 9.90 Å².